The molecule has 1 nitrogen and oxygen atoms in total. The van der Waals surface area contributed by atoms with Gasteiger partial charge in [0.25, 0.3) is 0 Å². The molecular formula is C6H12F2OSSi. The maximum atomic E-state index is 12.3. The van der Waals surface area contributed by atoms with Crippen molar-refractivity contribution >= 4 is 26.0 Å². The average molecular weight is 198 g/mol. The lowest BCUT2D eigenvalue weighted by Crippen LogP contribution is -2.16. The molecule has 0 aliphatic heterocycles. The van der Waals surface area contributed by atoms with E-state index in [1.807, 2.05) is 0 Å². The van der Waals surface area contributed by atoms with E-state index in [0.29, 0.717) is 18.1 Å². The highest BCUT2D eigenvalue weighted by atomic mass is 32.1. The highest BCUT2D eigenvalue weighted by Crippen LogP contribution is 2.14. The fourth-order valence-electron chi connectivity index (χ4n) is 0.598. The number of hydrogen-bond donors (Lipinski definition) is 0. The van der Waals surface area contributed by atoms with Crippen molar-refractivity contribution in [2.24, 2.45) is 0 Å². The molecule has 0 aliphatic rings. The molecule has 0 saturated heterocycles. The smallest absolute Gasteiger partial charge is 0.422 e. The van der Waals surface area contributed by atoms with Gasteiger partial charge in [-0.15, -0.1) is 0 Å². The van der Waals surface area contributed by atoms with Crippen LogP contribution < -0.4 is 0 Å². The lowest BCUT2D eigenvalue weighted by atomic mass is 10.5. The standard InChI is InChI=1S/C6H12F2OSSi/c1-6(10)9-4-3-5-11(2,7)8/h3-5H2,1-2H3. The number of rotatable bonds is 4. The second-order valence-corrected chi connectivity index (χ2v) is 5.73. The second-order valence-electron chi connectivity index (χ2n) is 2.51. The summed E-state index contributed by atoms with van der Waals surface area (Å²) in [6, 6.07) is -0.00435. The molecule has 66 valence electrons. The summed E-state index contributed by atoms with van der Waals surface area (Å²) < 4.78 is 29.5. The topological polar surface area (TPSA) is 9.23 Å². The number of hydrogen-bond acceptors (Lipinski definition) is 2. The van der Waals surface area contributed by atoms with Crippen LogP contribution in [0.2, 0.25) is 12.6 Å². The lowest BCUT2D eigenvalue weighted by molar-refractivity contribution is 0.307. The Morgan fingerprint density at radius 1 is 1.55 bits per heavy atom. The zero-order chi connectivity index (χ0) is 8.91. The Morgan fingerprint density at radius 3 is 2.45 bits per heavy atom. The zero-order valence-electron chi connectivity index (χ0n) is 6.69. The van der Waals surface area contributed by atoms with E-state index < -0.39 is 8.74 Å². The van der Waals surface area contributed by atoms with Crippen LogP contribution in [0.4, 0.5) is 8.22 Å². The van der Waals surface area contributed by atoms with Crippen LogP contribution in [0.15, 0.2) is 0 Å². The predicted molar refractivity (Wildman–Crippen MR) is 47.5 cm³/mol. The molecule has 0 bridgehead atoms. The van der Waals surface area contributed by atoms with E-state index in [1.54, 1.807) is 6.92 Å². The number of ether oxygens (including phenoxy) is 1. The molecule has 0 atom stereocenters. The van der Waals surface area contributed by atoms with Gasteiger partial charge in [0, 0.05) is 13.0 Å². The molecule has 0 radical (unpaired) electrons. The van der Waals surface area contributed by atoms with Gasteiger partial charge in [-0.05, 0) is 25.2 Å². The minimum atomic E-state index is -3.85. The summed E-state index contributed by atoms with van der Waals surface area (Å²) in [6.07, 6.45) is 0.406. The van der Waals surface area contributed by atoms with Crippen molar-refractivity contribution in [3.63, 3.8) is 0 Å². The Morgan fingerprint density at radius 2 is 2.09 bits per heavy atom. The molecule has 0 fully saturated rings. The third-order valence-electron chi connectivity index (χ3n) is 1.07. The van der Waals surface area contributed by atoms with Crippen LogP contribution in [-0.2, 0) is 4.74 Å². The first-order valence-corrected chi connectivity index (χ1v) is 6.30. The van der Waals surface area contributed by atoms with Gasteiger partial charge in [-0.2, -0.15) is 0 Å². The summed E-state index contributed by atoms with van der Waals surface area (Å²) in [7, 11) is -3.85. The largest absolute Gasteiger partial charge is 0.487 e. The molecule has 0 aliphatic carbocycles. The van der Waals surface area contributed by atoms with E-state index in [9.17, 15) is 8.22 Å². The van der Waals surface area contributed by atoms with E-state index in [0.717, 1.165) is 6.55 Å². The van der Waals surface area contributed by atoms with Gasteiger partial charge >= 0.3 is 8.74 Å². The van der Waals surface area contributed by atoms with Gasteiger partial charge in [0.1, 0.15) is 0 Å². The second kappa shape index (κ2) is 4.77. The minimum absolute atomic E-state index is 0.00435. The molecule has 0 aromatic carbocycles. The third-order valence-corrected chi connectivity index (χ3v) is 2.41. The van der Waals surface area contributed by atoms with Crippen LogP contribution >= 0.6 is 12.2 Å². The monoisotopic (exact) mass is 198 g/mol. The molecule has 11 heavy (non-hydrogen) atoms. The lowest BCUT2D eigenvalue weighted by Gasteiger charge is -2.06. The van der Waals surface area contributed by atoms with Crippen molar-refractivity contribution in [3.8, 4) is 0 Å². The minimum Gasteiger partial charge on any atom is -0.487 e. The fraction of sp³-hybridized carbons (Fsp3) is 0.833. The molecular weight excluding hydrogens is 186 g/mol. The van der Waals surface area contributed by atoms with E-state index in [1.165, 1.54) is 0 Å². The summed E-state index contributed by atoms with van der Waals surface area (Å²) >= 11 is 4.60. The highest BCUT2D eigenvalue weighted by Gasteiger charge is 2.26. The van der Waals surface area contributed by atoms with Crippen molar-refractivity contribution in [1.29, 1.82) is 0 Å². The van der Waals surface area contributed by atoms with Gasteiger partial charge in [-0.25, -0.2) is 0 Å². The van der Waals surface area contributed by atoms with E-state index in [4.69, 9.17) is 4.74 Å². The summed E-state index contributed by atoms with van der Waals surface area (Å²) in [5.74, 6) is 0. The quantitative estimate of drug-likeness (QED) is 0.297. The van der Waals surface area contributed by atoms with Gasteiger partial charge in [-0.1, -0.05) is 0 Å². The van der Waals surface area contributed by atoms with E-state index >= 15 is 0 Å². The summed E-state index contributed by atoms with van der Waals surface area (Å²) in [6.45, 7) is 3.00. The SMILES string of the molecule is CC(=S)OCCC[Si](C)(F)F. The summed E-state index contributed by atoms with van der Waals surface area (Å²) in [4.78, 5) is 0. The van der Waals surface area contributed by atoms with Gasteiger partial charge in [0.2, 0.25) is 0 Å². The molecule has 0 saturated carbocycles. The van der Waals surface area contributed by atoms with Crippen molar-refractivity contribution in [3.05, 3.63) is 0 Å². The van der Waals surface area contributed by atoms with Gasteiger partial charge in [0.15, 0.2) is 5.05 Å². The van der Waals surface area contributed by atoms with Gasteiger partial charge in [0.05, 0.1) is 6.61 Å². The third kappa shape index (κ3) is 9.97. The van der Waals surface area contributed by atoms with E-state index in [2.05, 4.69) is 12.2 Å². The summed E-state index contributed by atoms with van der Waals surface area (Å²) in [5.41, 5.74) is 0. The molecule has 0 aromatic heterocycles. The Labute approximate surface area is 72.1 Å². The average Bonchev–Trinajstić information content (AvgIpc) is 1.78. The van der Waals surface area contributed by atoms with Gasteiger partial charge < -0.3 is 4.74 Å². The van der Waals surface area contributed by atoms with Crippen LogP contribution in [-0.4, -0.2) is 20.4 Å². The Hall–Kier alpha value is -0.0331. The molecule has 0 rings (SSSR count). The Balaban J connectivity index is 3.22. The molecule has 5 heteroatoms. The van der Waals surface area contributed by atoms with Gasteiger partial charge in [-0.3, -0.25) is 8.22 Å². The van der Waals surface area contributed by atoms with Crippen molar-refractivity contribution in [1.82, 2.24) is 0 Å². The van der Waals surface area contributed by atoms with E-state index in [-0.39, 0.29) is 6.04 Å². The maximum absolute atomic E-state index is 12.3. The highest BCUT2D eigenvalue weighted by molar-refractivity contribution is 7.80. The molecule has 0 aromatic rings. The predicted octanol–water partition coefficient (Wildman–Crippen LogP) is 2.75. The Kier molecular flexibility index (Phi) is 4.75. The van der Waals surface area contributed by atoms with Crippen molar-refractivity contribution < 1.29 is 13.0 Å². The van der Waals surface area contributed by atoms with Crippen molar-refractivity contribution in [2.45, 2.75) is 25.9 Å². The molecule has 0 heterocycles. The molecule has 0 N–H and O–H groups in total. The first kappa shape index (κ1) is 11.0. The molecule has 0 unspecified atom stereocenters. The molecule has 0 amide bonds. The number of halogens is 2. The van der Waals surface area contributed by atoms with Crippen molar-refractivity contribution in [2.75, 3.05) is 6.61 Å². The van der Waals surface area contributed by atoms with Crippen LogP contribution in [0.25, 0.3) is 0 Å². The van der Waals surface area contributed by atoms with Crippen LogP contribution in [0.3, 0.4) is 0 Å². The Bertz CT molecular complexity index is 135. The number of thiocarbonyl (C=S) groups is 1. The summed E-state index contributed by atoms with van der Waals surface area (Å²) in [5, 5.41) is 0.422. The zero-order valence-corrected chi connectivity index (χ0v) is 8.51. The fourth-order valence-corrected chi connectivity index (χ4v) is 1.45. The normalized spacial score (nSPS) is 11.3. The first-order chi connectivity index (χ1) is 4.92. The maximum Gasteiger partial charge on any atom is 0.422 e. The molecule has 0 spiro atoms. The van der Waals surface area contributed by atoms with Crippen LogP contribution in [0, 0.1) is 0 Å². The first-order valence-electron chi connectivity index (χ1n) is 3.43. The van der Waals surface area contributed by atoms with Crippen LogP contribution in [0.1, 0.15) is 13.3 Å². The van der Waals surface area contributed by atoms with Crippen LogP contribution in [0.5, 0.6) is 0 Å².